The van der Waals surface area contributed by atoms with Gasteiger partial charge in [0.05, 0.1) is 11.0 Å². The first-order chi connectivity index (χ1) is 10.3. The van der Waals surface area contributed by atoms with Crippen LogP contribution in [0.4, 0.5) is 0 Å². The molecule has 0 aliphatic heterocycles. The van der Waals surface area contributed by atoms with Gasteiger partial charge in [0.2, 0.25) is 0 Å². The Hall–Kier alpha value is -2.17. The van der Waals surface area contributed by atoms with E-state index in [9.17, 15) is 0 Å². The van der Waals surface area contributed by atoms with E-state index < -0.39 is 0 Å². The summed E-state index contributed by atoms with van der Waals surface area (Å²) in [4.78, 5) is 4.87. The predicted molar refractivity (Wildman–Crippen MR) is 89.4 cm³/mol. The van der Waals surface area contributed by atoms with Crippen LogP contribution in [0.25, 0.3) is 32.5 Å². The van der Waals surface area contributed by atoms with E-state index in [4.69, 9.17) is 10.7 Å². The van der Waals surface area contributed by atoms with Crippen molar-refractivity contribution >= 4 is 32.5 Å². The number of thiophene rings is 1. The molecular formula is C17H15N3S. The van der Waals surface area contributed by atoms with Crippen molar-refractivity contribution in [1.82, 2.24) is 9.55 Å². The van der Waals surface area contributed by atoms with Gasteiger partial charge in [0.1, 0.15) is 5.82 Å². The van der Waals surface area contributed by atoms with Crippen LogP contribution in [-0.4, -0.2) is 9.55 Å². The van der Waals surface area contributed by atoms with Gasteiger partial charge in [-0.05, 0) is 17.7 Å². The fourth-order valence-electron chi connectivity index (χ4n) is 2.83. The molecule has 3 nitrogen and oxygen atoms in total. The molecule has 0 unspecified atom stereocenters. The minimum Gasteiger partial charge on any atom is -0.327 e. The second kappa shape index (κ2) is 4.69. The summed E-state index contributed by atoms with van der Waals surface area (Å²) in [7, 11) is 2.07. The molecule has 2 aromatic carbocycles. The molecule has 0 fully saturated rings. The normalized spacial score (nSPS) is 11.5. The first kappa shape index (κ1) is 12.6. The molecule has 0 atom stereocenters. The lowest BCUT2D eigenvalue weighted by Gasteiger charge is -2.01. The highest BCUT2D eigenvalue weighted by Gasteiger charge is 2.15. The lowest BCUT2D eigenvalue weighted by atomic mass is 10.2. The van der Waals surface area contributed by atoms with Gasteiger partial charge in [0.15, 0.2) is 0 Å². The van der Waals surface area contributed by atoms with Crippen LogP contribution >= 0.6 is 11.3 Å². The van der Waals surface area contributed by atoms with E-state index >= 15 is 0 Å². The minimum absolute atomic E-state index is 0.512. The molecule has 0 amide bonds. The standard InChI is InChI=1S/C17H15N3S/c1-20-14-7-4-5-11(9-18)16(14)19-17(20)13-10-21-15-8-3-2-6-12(13)15/h2-8,10H,9,18H2,1H3. The van der Waals surface area contributed by atoms with Crippen LogP contribution in [0.5, 0.6) is 0 Å². The Kier molecular flexibility index (Phi) is 2.80. The summed E-state index contributed by atoms with van der Waals surface area (Å²) < 4.78 is 3.45. The third-order valence-electron chi connectivity index (χ3n) is 3.94. The number of nitrogens with two attached hydrogens (primary N) is 1. The third-order valence-corrected chi connectivity index (χ3v) is 4.90. The van der Waals surface area contributed by atoms with Crippen molar-refractivity contribution in [1.29, 1.82) is 0 Å². The van der Waals surface area contributed by atoms with Crippen molar-refractivity contribution in [2.45, 2.75) is 6.54 Å². The van der Waals surface area contributed by atoms with Crippen molar-refractivity contribution in [3.63, 3.8) is 0 Å². The molecule has 0 bridgehead atoms. The SMILES string of the molecule is Cn1c(-c2csc3ccccc23)nc2c(CN)cccc21. The smallest absolute Gasteiger partial charge is 0.142 e. The van der Waals surface area contributed by atoms with E-state index in [2.05, 4.69) is 47.3 Å². The molecule has 4 aromatic rings. The van der Waals surface area contributed by atoms with Gasteiger partial charge >= 0.3 is 0 Å². The van der Waals surface area contributed by atoms with Gasteiger partial charge < -0.3 is 10.3 Å². The van der Waals surface area contributed by atoms with E-state index in [1.54, 1.807) is 11.3 Å². The molecular weight excluding hydrogens is 278 g/mol. The van der Waals surface area contributed by atoms with Crippen LogP contribution in [-0.2, 0) is 13.6 Å². The van der Waals surface area contributed by atoms with Crippen molar-refractivity contribution in [2.75, 3.05) is 0 Å². The van der Waals surface area contributed by atoms with Gasteiger partial charge in [-0.25, -0.2) is 4.98 Å². The average molecular weight is 293 g/mol. The number of rotatable bonds is 2. The lowest BCUT2D eigenvalue weighted by Crippen LogP contribution is -1.97. The number of hydrogen-bond donors (Lipinski definition) is 1. The molecule has 0 aliphatic rings. The van der Waals surface area contributed by atoms with E-state index in [1.165, 1.54) is 15.6 Å². The summed E-state index contributed by atoms with van der Waals surface area (Å²) >= 11 is 1.76. The topological polar surface area (TPSA) is 43.8 Å². The first-order valence-electron chi connectivity index (χ1n) is 6.90. The van der Waals surface area contributed by atoms with Gasteiger partial charge in [-0.2, -0.15) is 0 Å². The molecule has 21 heavy (non-hydrogen) atoms. The number of benzene rings is 2. The van der Waals surface area contributed by atoms with Gasteiger partial charge in [-0.3, -0.25) is 0 Å². The van der Waals surface area contributed by atoms with Crippen LogP contribution < -0.4 is 5.73 Å². The Bertz CT molecular complexity index is 949. The second-order valence-corrected chi connectivity index (χ2v) is 6.04. The van der Waals surface area contributed by atoms with E-state index in [0.29, 0.717) is 6.54 Å². The predicted octanol–water partition coefficient (Wildman–Crippen LogP) is 3.91. The number of fused-ring (bicyclic) bond motifs is 2. The third kappa shape index (κ3) is 1.80. The highest BCUT2D eigenvalue weighted by atomic mass is 32.1. The van der Waals surface area contributed by atoms with Crippen LogP contribution in [0.2, 0.25) is 0 Å². The quantitative estimate of drug-likeness (QED) is 0.609. The molecule has 0 aliphatic carbocycles. The molecule has 0 spiro atoms. The number of aromatic nitrogens is 2. The van der Waals surface area contributed by atoms with Crippen LogP contribution in [0.1, 0.15) is 5.56 Å². The van der Waals surface area contributed by atoms with Crippen molar-refractivity contribution in [3.8, 4) is 11.4 Å². The zero-order valence-corrected chi connectivity index (χ0v) is 12.5. The number of aryl methyl sites for hydroxylation is 1. The monoisotopic (exact) mass is 293 g/mol. The first-order valence-corrected chi connectivity index (χ1v) is 7.78. The molecule has 0 saturated carbocycles. The second-order valence-electron chi connectivity index (χ2n) is 5.13. The maximum absolute atomic E-state index is 5.84. The zero-order chi connectivity index (χ0) is 14.4. The summed E-state index contributed by atoms with van der Waals surface area (Å²) in [6.07, 6.45) is 0. The Morgan fingerprint density at radius 2 is 2.00 bits per heavy atom. The van der Waals surface area contributed by atoms with Gasteiger partial charge in [0, 0.05) is 34.6 Å². The molecule has 4 rings (SSSR count). The molecule has 0 radical (unpaired) electrons. The summed E-state index contributed by atoms with van der Waals surface area (Å²) in [5.74, 6) is 1.00. The van der Waals surface area contributed by atoms with Crippen molar-refractivity contribution in [3.05, 3.63) is 53.4 Å². The maximum Gasteiger partial charge on any atom is 0.142 e. The Morgan fingerprint density at radius 1 is 1.14 bits per heavy atom. The van der Waals surface area contributed by atoms with E-state index in [0.717, 1.165) is 22.4 Å². The summed E-state index contributed by atoms with van der Waals surface area (Å²) in [6.45, 7) is 0.512. The number of imidazole rings is 1. The number of nitrogens with zero attached hydrogens (tertiary/aromatic N) is 2. The Balaban J connectivity index is 2.05. The Morgan fingerprint density at radius 3 is 2.86 bits per heavy atom. The van der Waals surface area contributed by atoms with Crippen LogP contribution in [0, 0.1) is 0 Å². The molecule has 2 aromatic heterocycles. The largest absolute Gasteiger partial charge is 0.327 e. The number of para-hydroxylation sites is 1. The van der Waals surface area contributed by atoms with Crippen molar-refractivity contribution in [2.24, 2.45) is 12.8 Å². The number of hydrogen-bond acceptors (Lipinski definition) is 3. The zero-order valence-electron chi connectivity index (χ0n) is 11.7. The van der Waals surface area contributed by atoms with Crippen LogP contribution in [0.3, 0.4) is 0 Å². The molecule has 0 saturated heterocycles. The summed E-state index contributed by atoms with van der Waals surface area (Å²) in [5.41, 5.74) is 10.3. The molecule has 2 heterocycles. The fraction of sp³-hybridized carbons (Fsp3) is 0.118. The molecule has 2 N–H and O–H groups in total. The van der Waals surface area contributed by atoms with Gasteiger partial charge in [-0.15, -0.1) is 11.3 Å². The van der Waals surface area contributed by atoms with E-state index in [1.807, 2.05) is 12.1 Å². The van der Waals surface area contributed by atoms with Gasteiger partial charge in [-0.1, -0.05) is 30.3 Å². The highest BCUT2D eigenvalue weighted by molar-refractivity contribution is 7.17. The molecule has 4 heteroatoms. The summed E-state index contributed by atoms with van der Waals surface area (Å²) in [5, 5.41) is 3.45. The fourth-order valence-corrected chi connectivity index (χ4v) is 3.77. The average Bonchev–Trinajstić information content (AvgIpc) is 3.09. The van der Waals surface area contributed by atoms with Crippen LogP contribution in [0.15, 0.2) is 47.8 Å². The molecule has 104 valence electrons. The van der Waals surface area contributed by atoms with Crippen molar-refractivity contribution < 1.29 is 0 Å². The minimum atomic E-state index is 0.512. The van der Waals surface area contributed by atoms with E-state index in [-0.39, 0.29) is 0 Å². The highest BCUT2D eigenvalue weighted by Crippen LogP contribution is 2.34. The summed E-state index contributed by atoms with van der Waals surface area (Å²) in [6, 6.07) is 14.6. The Labute approximate surface area is 126 Å². The van der Waals surface area contributed by atoms with Gasteiger partial charge in [0.25, 0.3) is 0 Å². The lowest BCUT2D eigenvalue weighted by molar-refractivity contribution is 0.961. The maximum atomic E-state index is 5.84.